The lowest BCUT2D eigenvalue weighted by atomic mass is 9.89. The fraction of sp³-hybridized carbons (Fsp3) is 1.00. The number of ether oxygens (including phenoxy) is 4. The highest BCUT2D eigenvalue weighted by Crippen LogP contribution is 2.29. The van der Waals surface area contributed by atoms with Gasteiger partial charge in [0.1, 0.15) is 12.2 Å². The Morgan fingerprint density at radius 1 is 0.611 bits per heavy atom. The molecule has 0 saturated heterocycles. The lowest BCUT2D eigenvalue weighted by Gasteiger charge is -2.41. The quantitative estimate of drug-likeness (QED) is 0.671. The second-order valence-corrected chi connectivity index (χ2v) is 4.40. The van der Waals surface area contributed by atoms with Gasteiger partial charge in [-0.15, -0.1) is 0 Å². The Bertz CT molecular complexity index is 188. The first-order chi connectivity index (χ1) is 8.78. The summed E-state index contributed by atoms with van der Waals surface area (Å²) in [6.07, 6.45) is 2.19. The summed E-state index contributed by atoms with van der Waals surface area (Å²) in [7, 11) is 0. The third-order valence-corrected chi connectivity index (χ3v) is 3.27. The Morgan fingerprint density at radius 2 is 0.944 bits per heavy atom. The van der Waals surface area contributed by atoms with Crippen LogP contribution < -0.4 is 0 Å². The lowest BCUT2D eigenvalue weighted by Crippen LogP contribution is -2.53. The van der Waals surface area contributed by atoms with Crippen LogP contribution in [-0.2, 0) is 18.9 Å². The molecule has 4 atom stereocenters. The monoisotopic (exact) mass is 260 g/mol. The van der Waals surface area contributed by atoms with Gasteiger partial charge in [0.25, 0.3) is 0 Å². The molecule has 1 aliphatic rings. The minimum Gasteiger partial charge on any atom is -0.376 e. The van der Waals surface area contributed by atoms with Crippen molar-refractivity contribution < 1.29 is 18.9 Å². The highest BCUT2D eigenvalue weighted by Gasteiger charge is 2.41. The molecule has 0 heterocycles. The van der Waals surface area contributed by atoms with E-state index >= 15 is 0 Å². The second kappa shape index (κ2) is 8.86. The predicted octanol–water partition coefficient (Wildman–Crippen LogP) is 2.40. The maximum absolute atomic E-state index is 5.86. The van der Waals surface area contributed by atoms with Crippen LogP contribution in [0.25, 0.3) is 0 Å². The molecule has 0 aromatic heterocycles. The van der Waals surface area contributed by atoms with Gasteiger partial charge in [-0.25, -0.2) is 0 Å². The number of rotatable bonds is 8. The summed E-state index contributed by atoms with van der Waals surface area (Å²) in [6.45, 7) is 10.8. The number of hydrogen-bond acceptors (Lipinski definition) is 4. The molecule has 0 aromatic rings. The summed E-state index contributed by atoms with van der Waals surface area (Å²) in [5.74, 6) is 0. The van der Waals surface area contributed by atoms with Crippen LogP contribution in [-0.4, -0.2) is 50.8 Å². The third-order valence-electron chi connectivity index (χ3n) is 3.27. The van der Waals surface area contributed by atoms with Crippen LogP contribution in [0.15, 0.2) is 0 Å². The summed E-state index contributed by atoms with van der Waals surface area (Å²) in [5.41, 5.74) is 0. The SMILES string of the molecule is CCO[C@H]1[C@H](OCC)[C@H](OCC)CC[C@H]1OCC. The van der Waals surface area contributed by atoms with E-state index in [4.69, 9.17) is 18.9 Å². The maximum atomic E-state index is 5.86. The summed E-state index contributed by atoms with van der Waals surface area (Å²) in [6, 6.07) is 0. The van der Waals surface area contributed by atoms with Crippen molar-refractivity contribution in [1.29, 1.82) is 0 Å². The van der Waals surface area contributed by atoms with E-state index in [0.29, 0.717) is 26.4 Å². The van der Waals surface area contributed by atoms with Gasteiger partial charge in [0, 0.05) is 26.4 Å². The molecule has 1 fully saturated rings. The number of hydrogen-bond donors (Lipinski definition) is 0. The molecule has 18 heavy (non-hydrogen) atoms. The van der Waals surface area contributed by atoms with E-state index in [9.17, 15) is 0 Å². The van der Waals surface area contributed by atoms with Gasteiger partial charge in [0.2, 0.25) is 0 Å². The van der Waals surface area contributed by atoms with Crippen LogP contribution in [0.5, 0.6) is 0 Å². The fourth-order valence-corrected chi connectivity index (χ4v) is 2.65. The van der Waals surface area contributed by atoms with Crippen molar-refractivity contribution in [2.75, 3.05) is 26.4 Å². The Hall–Kier alpha value is -0.160. The van der Waals surface area contributed by atoms with Crippen molar-refractivity contribution in [1.82, 2.24) is 0 Å². The Labute approximate surface area is 111 Å². The fourth-order valence-electron chi connectivity index (χ4n) is 2.65. The molecule has 0 unspecified atom stereocenters. The van der Waals surface area contributed by atoms with Crippen molar-refractivity contribution in [3.05, 3.63) is 0 Å². The van der Waals surface area contributed by atoms with Crippen molar-refractivity contribution in [3.63, 3.8) is 0 Å². The highest BCUT2D eigenvalue weighted by molar-refractivity contribution is 4.91. The summed E-state index contributed by atoms with van der Waals surface area (Å²) < 4.78 is 23.3. The molecule has 0 aliphatic heterocycles. The molecule has 0 radical (unpaired) electrons. The van der Waals surface area contributed by atoms with Gasteiger partial charge in [0.15, 0.2) is 0 Å². The Kier molecular flexibility index (Phi) is 7.82. The van der Waals surface area contributed by atoms with Gasteiger partial charge in [-0.05, 0) is 40.5 Å². The molecule has 108 valence electrons. The largest absolute Gasteiger partial charge is 0.376 e. The van der Waals surface area contributed by atoms with E-state index in [0.717, 1.165) is 12.8 Å². The van der Waals surface area contributed by atoms with E-state index in [-0.39, 0.29) is 24.4 Å². The molecule has 4 heteroatoms. The Balaban J connectivity index is 2.72. The highest BCUT2D eigenvalue weighted by atomic mass is 16.6. The first-order valence-electron chi connectivity index (χ1n) is 7.24. The standard InChI is InChI=1S/C14H28O4/c1-5-15-11-9-10-12(16-6-2)14(18-8-4)13(11)17-7-3/h11-14H,5-10H2,1-4H3/t11-,12-,13-,14-/m1/s1. The molecule has 1 aliphatic carbocycles. The van der Waals surface area contributed by atoms with Gasteiger partial charge in [-0.2, -0.15) is 0 Å². The summed E-state index contributed by atoms with van der Waals surface area (Å²) >= 11 is 0. The van der Waals surface area contributed by atoms with Crippen molar-refractivity contribution in [2.24, 2.45) is 0 Å². The Morgan fingerprint density at radius 3 is 1.22 bits per heavy atom. The van der Waals surface area contributed by atoms with Crippen molar-refractivity contribution >= 4 is 0 Å². The minimum absolute atomic E-state index is 0.0137. The van der Waals surface area contributed by atoms with Crippen molar-refractivity contribution in [2.45, 2.75) is 65.0 Å². The van der Waals surface area contributed by atoms with Gasteiger partial charge in [-0.1, -0.05) is 0 Å². The molecule has 1 saturated carbocycles. The van der Waals surface area contributed by atoms with Crippen molar-refractivity contribution in [3.8, 4) is 0 Å². The van der Waals surface area contributed by atoms with Gasteiger partial charge < -0.3 is 18.9 Å². The van der Waals surface area contributed by atoms with Gasteiger partial charge in [-0.3, -0.25) is 0 Å². The van der Waals surface area contributed by atoms with E-state index in [1.807, 2.05) is 27.7 Å². The molecule has 0 amide bonds. The summed E-state index contributed by atoms with van der Waals surface area (Å²) in [5, 5.41) is 0. The molecular weight excluding hydrogens is 232 g/mol. The van der Waals surface area contributed by atoms with E-state index in [1.54, 1.807) is 0 Å². The van der Waals surface area contributed by atoms with E-state index < -0.39 is 0 Å². The predicted molar refractivity (Wildman–Crippen MR) is 70.9 cm³/mol. The van der Waals surface area contributed by atoms with Crippen LogP contribution in [0.2, 0.25) is 0 Å². The zero-order valence-electron chi connectivity index (χ0n) is 12.2. The average molecular weight is 260 g/mol. The van der Waals surface area contributed by atoms with E-state index in [1.165, 1.54) is 0 Å². The van der Waals surface area contributed by atoms with Crippen LogP contribution in [0.3, 0.4) is 0 Å². The first-order valence-corrected chi connectivity index (χ1v) is 7.24. The second-order valence-electron chi connectivity index (χ2n) is 4.40. The van der Waals surface area contributed by atoms with Gasteiger partial charge >= 0.3 is 0 Å². The molecular formula is C14H28O4. The maximum Gasteiger partial charge on any atom is 0.112 e. The molecule has 0 N–H and O–H groups in total. The lowest BCUT2D eigenvalue weighted by molar-refractivity contribution is -0.198. The first kappa shape index (κ1) is 15.9. The zero-order chi connectivity index (χ0) is 13.4. The van der Waals surface area contributed by atoms with E-state index in [2.05, 4.69) is 0 Å². The molecule has 0 spiro atoms. The minimum atomic E-state index is -0.0137. The van der Waals surface area contributed by atoms with Crippen LogP contribution in [0.1, 0.15) is 40.5 Å². The van der Waals surface area contributed by atoms with Crippen LogP contribution >= 0.6 is 0 Å². The average Bonchev–Trinajstić information content (AvgIpc) is 2.37. The molecule has 1 rings (SSSR count). The smallest absolute Gasteiger partial charge is 0.112 e. The van der Waals surface area contributed by atoms with Crippen LogP contribution in [0, 0.1) is 0 Å². The summed E-state index contributed by atoms with van der Waals surface area (Å²) in [4.78, 5) is 0. The third kappa shape index (κ3) is 4.19. The zero-order valence-corrected chi connectivity index (χ0v) is 12.2. The normalized spacial score (nSPS) is 32.7. The van der Waals surface area contributed by atoms with Crippen LogP contribution in [0.4, 0.5) is 0 Å². The molecule has 0 aromatic carbocycles. The van der Waals surface area contributed by atoms with Gasteiger partial charge in [0.05, 0.1) is 12.2 Å². The molecule has 0 bridgehead atoms. The topological polar surface area (TPSA) is 36.9 Å². The molecule has 4 nitrogen and oxygen atoms in total.